The number of carbonyl (C=O) groups excluding carboxylic acids is 1. The minimum Gasteiger partial charge on any atom is -0.337 e. The van der Waals surface area contributed by atoms with Crippen molar-refractivity contribution in [1.29, 1.82) is 0 Å². The van der Waals surface area contributed by atoms with E-state index in [0.29, 0.717) is 0 Å². The average Bonchev–Trinajstić information content (AvgIpc) is 2.40. The van der Waals surface area contributed by atoms with E-state index in [1.807, 2.05) is 4.90 Å². The number of piperidine rings is 1. The minimum absolute atomic E-state index is 0.0755. The van der Waals surface area contributed by atoms with E-state index in [-0.39, 0.29) is 5.91 Å². The number of nitrogens with zero attached hydrogens (tertiary/aromatic N) is 2. The predicted molar refractivity (Wildman–Crippen MR) is 68.8 cm³/mol. The van der Waals surface area contributed by atoms with Gasteiger partial charge in [-0.3, -0.25) is 9.69 Å². The van der Waals surface area contributed by atoms with Crippen LogP contribution in [0, 0.1) is 5.92 Å². The highest BCUT2D eigenvalue weighted by Gasteiger charge is 2.22. The molecule has 0 spiro atoms. The van der Waals surface area contributed by atoms with E-state index in [0.717, 1.165) is 32.1 Å². The molecule has 0 aromatic rings. The Morgan fingerprint density at radius 3 is 2.47 bits per heavy atom. The zero-order chi connectivity index (χ0) is 12.1. The van der Waals surface area contributed by atoms with Gasteiger partial charge in [0, 0.05) is 32.7 Å². The fourth-order valence-electron chi connectivity index (χ4n) is 2.71. The fraction of sp³-hybridized carbons (Fsp3) is 0.769. The van der Waals surface area contributed by atoms with Crippen molar-refractivity contribution in [1.82, 2.24) is 15.1 Å². The summed E-state index contributed by atoms with van der Waals surface area (Å²) in [5, 5.41) is 3.40. The lowest BCUT2D eigenvalue weighted by molar-refractivity contribution is -0.127. The number of piperazine rings is 1. The normalized spacial score (nSPS) is 23.6. The third-order valence-corrected chi connectivity index (χ3v) is 3.83. The molecule has 1 amide bonds. The van der Waals surface area contributed by atoms with Crippen molar-refractivity contribution in [2.75, 3.05) is 45.8 Å². The maximum Gasteiger partial charge on any atom is 0.246 e. The smallest absolute Gasteiger partial charge is 0.246 e. The van der Waals surface area contributed by atoms with E-state index in [1.165, 1.54) is 38.6 Å². The lowest BCUT2D eigenvalue weighted by atomic mass is 9.97. The monoisotopic (exact) mass is 237 g/mol. The van der Waals surface area contributed by atoms with E-state index in [4.69, 9.17) is 0 Å². The average molecular weight is 237 g/mol. The third-order valence-electron chi connectivity index (χ3n) is 3.83. The Labute approximate surface area is 104 Å². The van der Waals surface area contributed by atoms with E-state index in [1.54, 1.807) is 0 Å². The van der Waals surface area contributed by atoms with Gasteiger partial charge in [-0.15, -0.1) is 0 Å². The molecule has 0 saturated carbocycles. The van der Waals surface area contributed by atoms with Gasteiger partial charge in [0.05, 0.1) is 0 Å². The Morgan fingerprint density at radius 2 is 1.88 bits per heavy atom. The van der Waals surface area contributed by atoms with Gasteiger partial charge in [-0.2, -0.15) is 0 Å². The molecule has 0 radical (unpaired) electrons. The first-order valence-corrected chi connectivity index (χ1v) is 6.64. The molecule has 2 fully saturated rings. The lowest BCUT2D eigenvalue weighted by Gasteiger charge is -2.37. The van der Waals surface area contributed by atoms with Gasteiger partial charge in [0.15, 0.2) is 0 Å². The second-order valence-electron chi connectivity index (χ2n) is 5.02. The molecule has 1 N–H and O–H groups in total. The quantitative estimate of drug-likeness (QED) is 0.718. The summed E-state index contributed by atoms with van der Waals surface area (Å²) in [6.07, 6.45) is 4.01. The van der Waals surface area contributed by atoms with Crippen LogP contribution in [0.3, 0.4) is 0 Å². The first-order chi connectivity index (χ1) is 8.29. The standard InChI is InChI=1S/C13H23N3O/c1-2-13(17)16-9-7-15(8-10-16)11-12-3-5-14-6-4-12/h2,12,14H,1,3-11H2. The number of amides is 1. The van der Waals surface area contributed by atoms with E-state index < -0.39 is 0 Å². The molecule has 0 atom stereocenters. The number of hydrogen-bond acceptors (Lipinski definition) is 3. The number of nitrogens with one attached hydrogen (secondary N) is 1. The molecule has 2 heterocycles. The Hall–Kier alpha value is -0.870. The lowest BCUT2D eigenvalue weighted by Crippen LogP contribution is -2.50. The molecule has 0 aromatic heterocycles. The van der Waals surface area contributed by atoms with Crippen molar-refractivity contribution in [3.63, 3.8) is 0 Å². The van der Waals surface area contributed by atoms with E-state index in [9.17, 15) is 4.79 Å². The summed E-state index contributed by atoms with van der Waals surface area (Å²) in [6.45, 7) is 10.8. The Bertz CT molecular complexity index is 266. The molecule has 17 heavy (non-hydrogen) atoms. The highest BCUT2D eigenvalue weighted by atomic mass is 16.2. The fourth-order valence-corrected chi connectivity index (χ4v) is 2.71. The van der Waals surface area contributed by atoms with Crippen molar-refractivity contribution < 1.29 is 4.79 Å². The number of carbonyl (C=O) groups is 1. The minimum atomic E-state index is 0.0755. The van der Waals surface area contributed by atoms with Crippen LogP contribution in [0.1, 0.15) is 12.8 Å². The summed E-state index contributed by atoms with van der Waals surface area (Å²) in [5.74, 6) is 0.921. The van der Waals surface area contributed by atoms with Crippen LogP contribution in [0.15, 0.2) is 12.7 Å². The second kappa shape index (κ2) is 6.17. The molecule has 4 heteroatoms. The van der Waals surface area contributed by atoms with E-state index >= 15 is 0 Å². The molecule has 2 saturated heterocycles. The Morgan fingerprint density at radius 1 is 1.24 bits per heavy atom. The van der Waals surface area contributed by atoms with Crippen LogP contribution in [0.25, 0.3) is 0 Å². The molecule has 0 aromatic carbocycles. The van der Waals surface area contributed by atoms with E-state index in [2.05, 4.69) is 16.8 Å². The van der Waals surface area contributed by atoms with Crippen molar-refractivity contribution in [2.45, 2.75) is 12.8 Å². The predicted octanol–water partition coefficient (Wildman–Crippen LogP) is 0.316. The number of hydrogen-bond donors (Lipinski definition) is 1. The molecule has 2 aliphatic heterocycles. The second-order valence-corrected chi connectivity index (χ2v) is 5.02. The topological polar surface area (TPSA) is 35.6 Å². The van der Waals surface area contributed by atoms with Gasteiger partial charge in [0.2, 0.25) is 5.91 Å². The summed E-state index contributed by atoms with van der Waals surface area (Å²) in [5.41, 5.74) is 0. The SMILES string of the molecule is C=CC(=O)N1CCN(CC2CCNCC2)CC1. The van der Waals surface area contributed by atoms with Crippen LogP contribution in [0.2, 0.25) is 0 Å². The maximum absolute atomic E-state index is 11.4. The van der Waals surface area contributed by atoms with Gasteiger partial charge in [0.1, 0.15) is 0 Å². The summed E-state index contributed by atoms with van der Waals surface area (Å²) in [6, 6.07) is 0. The zero-order valence-electron chi connectivity index (χ0n) is 10.5. The first-order valence-electron chi connectivity index (χ1n) is 6.64. The maximum atomic E-state index is 11.4. The first kappa shape index (κ1) is 12.6. The molecular formula is C13H23N3O. The van der Waals surface area contributed by atoms with Crippen molar-refractivity contribution in [3.05, 3.63) is 12.7 Å². The van der Waals surface area contributed by atoms with Crippen molar-refractivity contribution in [2.24, 2.45) is 5.92 Å². The van der Waals surface area contributed by atoms with Gasteiger partial charge >= 0.3 is 0 Å². The highest BCUT2D eigenvalue weighted by molar-refractivity contribution is 5.87. The molecule has 4 nitrogen and oxygen atoms in total. The van der Waals surface area contributed by atoms with Gasteiger partial charge in [-0.05, 0) is 37.9 Å². The number of rotatable bonds is 3. The van der Waals surface area contributed by atoms with Crippen LogP contribution >= 0.6 is 0 Å². The largest absolute Gasteiger partial charge is 0.337 e. The van der Waals surface area contributed by atoms with Gasteiger partial charge in [0.25, 0.3) is 0 Å². The van der Waals surface area contributed by atoms with Crippen LogP contribution in [-0.2, 0) is 4.79 Å². The van der Waals surface area contributed by atoms with Crippen LogP contribution in [0.4, 0.5) is 0 Å². The van der Waals surface area contributed by atoms with Crippen molar-refractivity contribution >= 4 is 5.91 Å². The van der Waals surface area contributed by atoms with Crippen LogP contribution in [0.5, 0.6) is 0 Å². The Kier molecular flexibility index (Phi) is 4.57. The van der Waals surface area contributed by atoms with Crippen LogP contribution < -0.4 is 5.32 Å². The van der Waals surface area contributed by atoms with Gasteiger partial charge in [-0.1, -0.05) is 6.58 Å². The summed E-state index contributed by atoms with van der Waals surface area (Å²) >= 11 is 0. The Balaban J connectivity index is 1.71. The third kappa shape index (κ3) is 3.54. The zero-order valence-corrected chi connectivity index (χ0v) is 10.5. The molecule has 0 unspecified atom stereocenters. The van der Waals surface area contributed by atoms with Crippen molar-refractivity contribution in [3.8, 4) is 0 Å². The highest BCUT2D eigenvalue weighted by Crippen LogP contribution is 2.14. The molecule has 2 rings (SSSR count). The molecule has 2 aliphatic rings. The molecule has 0 aliphatic carbocycles. The summed E-state index contributed by atoms with van der Waals surface area (Å²) in [4.78, 5) is 15.8. The molecular weight excluding hydrogens is 214 g/mol. The van der Waals surface area contributed by atoms with Crippen LogP contribution in [-0.4, -0.2) is 61.5 Å². The van der Waals surface area contributed by atoms with Gasteiger partial charge in [-0.25, -0.2) is 0 Å². The molecule has 0 bridgehead atoms. The summed E-state index contributed by atoms with van der Waals surface area (Å²) in [7, 11) is 0. The molecule has 96 valence electrons. The van der Waals surface area contributed by atoms with Gasteiger partial charge < -0.3 is 10.2 Å². The summed E-state index contributed by atoms with van der Waals surface area (Å²) < 4.78 is 0.